The number of hydrogen-bond donors (Lipinski definition) is 1. The molecule has 2 heterocycles. The Balaban J connectivity index is 1.40. The van der Waals surface area contributed by atoms with Gasteiger partial charge in [0.15, 0.2) is 5.11 Å². The van der Waals surface area contributed by atoms with Crippen molar-refractivity contribution in [3.05, 3.63) is 93.5 Å². The number of nitrogens with zero attached hydrogens (tertiary/aromatic N) is 2. The second-order valence-electron chi connectivity index (χ2n) is 8.97. The third-order valence-corrected chi connectivity index (χ3v) is 6.69. The Labute approximate surface area is 209 Å². The van der Waals surface area contributed by atoms with E-state index in [1.807, 2.05) is 65.7 Å². The van der Waals surface area contributed by atoms with Crippen molar-refractivity contribution in [1.29, 1.82) is 0 Å². The van der Waals surface area contributed by atoms with E-state index < -0.39 is 0 Å². The maximum Gasteiger partial charge on any atom is 0.194 e. The molecule has 4 nitrogen and oxygen atoms in total. The Morgan fingerprint density at radius 1 is 1.03 bits per heavy atom. The lowest BCUT2D eigenvalue weighted by Gasteiger charge is -2.18. The molecule has 33 heavy (non-hydrogen) atoms. The fourth-order valence-electron chi connectivity index (χ4n) is 4.34. The molecule has 0 radical (unpaired) electrons. The lowest BCUT2D eigenvalue weighted by Crippen LogP contribution is -2.30. The van der Waals surface area contributed by atoms with Crippen molar-refractivity contribution >= 4 is 51.9 Å². The summed E-state index contributed by atoms with van der Waals surface area (Å²) in [5.41, 5.74) is 5.02. The van der Waals surface area contributed by atoms with E-state index >= 15 is 0 Å². The minimum Gasteiger partial charge on any atom is -0.487 e. The average Bonchev–Trinajstić information content (AvgIpc) is 3.34. The lowest BCUT2D eigenvalue weighted by molar-refractivity contribution is 0.138. The summed E-state index contributed by atoms with van der Waals surface area (Å²) in [6, 6.07) is 21.7. The van der Waals surface area contributed by atoms with Crippen LogP contribution in [0.4, 0.5) is 5.69 Å². The van der Waals surface area contributed by atoms with Crippen LogP contribution in [0, 0.1) is 0 Å². The second-order valence-corrected chi connectivity index (χ2v) is 10.2. The van der Waals surface area contributed by atoms with Crippen LogP contribution in [0.2, 0.25) is 10.0 Å². The molecule has 1 unspecified atom stereocenters. The van der Waals surface area contributed by atoms with E-state index in [0.717, 1.165) is 34.7 Å². The van der Waals surface area contributed by atoms with Crippen molar-refractivity contribution < 1.29 is 4.74 Å². The smallest absolute Gasteiger partial charge is 0.194 e. The van der Waals surface area contributed by atoms with Gasteiger partial charge in [-0.25, -0.2) is 5.01 Å². The third-order valence-electron chi connectivity index (χ3n) is 5.87. The molecule has 3 aromatic carbocycles. The Hall–Kier alpha value is -2.60. The number of hydrogen-bond acceptors (Lipinski definition) is 3. The summed E-state index contributed by atoms with van der Waals surface area (Å²) in [4.78, 5) is 0. The summed E-state index contributed by atoms with van der Waals surface area (Å²) in [6.07, 6.45) is 0.867. The van der Waals surface area contributed by atoms with E-state index in [1.54, 1.807) is 0 Å². The van der Waals surface area contributed by atoms with E-state index in [0.29, 0.717) is 21.7 Å². The first-order valence-corrected chi connectivity index (χ1v) is 11.9. The molecule has 2 aliphatic heterocycles. The summed E-state index contributed by atoms with van der Waals surface area (Å²) >= 11 is 18.0. The van der Waals surface area contributed by atoms with E-state index in [9.17, 15) is 0 Å². The molecule has 168 valence electrons. The number of ether oxygens (including phenoxy) is 1. The van der Waals surface area contributed by atoms with Crippen LogP contribution in [0.5, 0.6) is 5.75 Å². The van der Waals surface area contributed by atoms with Gasteiger partial charge in [-0.05, 0) is 79.7 Å². The van der Waals surface area contributed by atoms with Gasteiger partial charge in [0, 0.05) is 33.6 Å². The summed E-state index contributed by atoms with van der Waals surface area (Å²) < 4.78 is 5.99. The van der Waals surface area contributed by atoms with Crippen LogP contribution in [-0.2, 0) is 6.42 Å². The number of thiocarbonyl (C=S) groups is 1. The molecule has 0 aromatic heterocycles. The quantitative estimate of drug-likeness (QED) is 0.400. The summed E-state index contributed by atoms with van der Waals surface area (Å²) in [5.74, 6) is 0.987. The fraction of sp³-hybridized carbons (Fsp3) is 0.231. The number of rotatable bonds is 3. The molecule has 1 atom stereocenters. The van der Waals surface area contributed by atoms with Gasteiger partial charge in [-0.2, -0.15) is 5.10 Å². The maximum atomic E-state index is 6.12. The molecule has 3 aromatic rings. The molecule has 0 spiro atoms. The molecule has 0 saturated carbocycles. The minimum absolute atomic E-state index is 0.0532. The number of fused-ring (bicyclic) bond motifs is 1. The molecule has 7 heteroatoms. The number of anilines is 1. The van der Waals surface area contributed by atoms with Crippen LogP contribution in [0.25, 0.3) is 0 Å². The zero-order chi connectivity index (χ0) is 23.2. The van der Waals surface area contributed by atoms with Gasteiger partial charge in [-0.1, -0.05) is 47.5 Å². The predicted molar refractivity (Wildman–Crippen MR) is 140 cm³/mol. The third kappa shape index (κ3) is 4.72. The zero-order valence-corrected chi connectivity index (χ0v) is 20.6. The molecule has 0 amide bonds. The molecule has 0 aliphatic carbocycles. The topological polar surface area (TPSA) is 36.9 Å². The molecule has 0 saturated heterocycles. The highest BCUT2D eigenvalue weighted by molar-refractivity contribution is 7.80. The number of nitrogens with one attached hydrogen (secondary N) is 1. The fourth-order valence-corrected chi connectivity index (χ4v) is 4.83. The largest absolute Gasteiger partial charge is 0.487 e. The van der Waals surface area contributed by atoms with Crippen LogP contribution in [0.3, 0.4) is 0 Å². The van der Waals surface area contributed by atoms with Gasteiger partial charge in [0.25, 0.3) is 0 Å². The first-order valence-electron chi connectivity index (χ1n) is 10.8. The molecule has 1 N–H and O–H groups in total. The average molecular weight is 496 g/mol. The highest BCUT2D eigenvalue weighted by Crippen LogP contribution is 2.36. The van der Waals surface area contributed by atoms with Crippen molar-refractivity contribution in [3.63, 3.8) is 0 Å². The van der Waals surface area contributed by atoms with Gasteiger partial charge < -0.3 is 10.1 Å². The van der Waals surface area contributed by atoms with Crippen LogP contribution in [0.1, 0.15) is 36.5 Å². The van der Waals surface area contributed by atoms with E-state index in [-0.39, 0.29) is 11.5 Å². The van der Waals surface area contributed by atoms with Gasteiger partial charge >= 0.3 is 0 Å². The molecule has 2 aliphatic rings. The second kappa shape index (κ2) is 8.64. The Morgan fingerprint density at radius 3 is 2.39 bits per heavy atom. The Kier molecular flexibility index (Phi) is 5.81. The van der Waals surface area contributed by atoms with Crippen molar-refractivity contribution in [2.75, 3.05) is 11.9 Å². The van der Waals surface area contributed by atoms with Gasteiger partial charge in [-0.15, -0.1) is 0 Å². The molecular formula is C26H23Cl2N3OS. The van der Waals surface area contributed by atoms with E-state index in [1.165, 1.54) is 5.56 Å². The SMILES string of the molecule is CC1(C)Cc2cc(NC(=S)N3CC(c4ccc(Cl)cc4)C(c4ccc(Cl)cc4)=N3)ccc2O1. The summed E-state index contributed by atoms with van der Waals surface area (Å²) in [6.45, 7) is 4.82. The monoisotopic (exact) mass is 495 g/mol. The highest BCUT2D eigenvalue weighted by atomic mass is 35.5. The molecule has 5 rings (SSSR count). The summed E-state index contributed by atoms with van der Waals surface area (Å²) in [7, 11) is 0. The van der Waals surface area contributed by atoms with Crippen molar-refractivity contribution in [2.24, 2.45) is 5.10 Å². The Morgan fingerprint density at radius 2 is 1.70 bits per heavy atom. The maximum absolute atomic E-state index is 6.12. The van der Waals surface area contributed by atoms with Gasteiger partial charge in [0.2, 0.25) is 0 Å². The van der Waals surface area contributed by atoms with Gasteiger partial charge in [0.1, 0.15) is 11.4 Å². The minimum atomic E-state index is -0.181. The van der Waals surface area contributed by atoms with E-state index in [4.69, 9.17) is 45.3 Å². The number of halogens is 2. The summed E-state index contributed by atoms with van der Waals surface area (Å²) in [5, 5.41) is 12.1. The molecule has 0 bridgehead atoms. The first-order chi connectivity index (χ1) is 15.8. The van der Waals surface area contributed by atoms with Crippen LogP contribution in [-0.4, -0.2) is 28.0 Å². The first kappa shape index (κ1) is 22.2. The van der Waals surface area contributed by atoms with Crippen molar-refractivity contribution in [2.45, 2.75) is 31.8 Å². The number of benzene rings is 3. The van der Waals surface area contributed by atoms with Gasteiger partial charge in [0.05, 0.1) is 12.3 Å². The Bertz CT molecular complexity index is 1240. The highest BCUT2D eigenvalue weighted by Gasteiger charge is 2.32. The normalized spacial score (nSPS) is 18.5. The molecular weight excluding hydrogens is 473 g/mol. The zero-order valence-electron chi connectivity index (χ0n) is 18.3. The lowest BCUT2D eigenvalue weighted by atomic mass is 9.91. The van der Waals surface area contributed by atoms with Crippen LogP contribution < -0.4 is 10.1 Å². The standard InChI is InChI=1S/C26H23Cl2N3OS/c1-26(2)14-18-13-21(11-12-23(18)32-26)29-25(33)31-15-22(16-3-7-19(27)8-4-16)24(30-31)17-5-9-20(28)10-6-17/h3-13,22H,14-15H2,1-2H3,(H,29,33). The van der Waals surface area contributed by atoms with E-state index in [2.05, 4.69) is 25.2 Å². The number of hydrazone groups is 1. The van der Waals surface area contributed by atoms with Gasteiger partial charge in [-0.3, -0.25) is 0 Å². The van der Waals surface area contributed by atoms with Crippen LogP contribution in [0.15, 0.2) is 71.8 Å². The van der Waals surface area contributed by atoms with Crippen LogP contribution >= 0.6 is 35.4 Å². The van der Waals surface area contributed by atoms with Crippen molar-refractivity contribution in [1.82, 2.24) is 5.01 Å². The molecule has 0 fully saturated rings. The van der Waals surface area contributed by atoms with Crippen molar-refractivity contribution in [3.8, 4) is 5.75 Å². The predicted octanol–water partition coefficient (Wildman–Crippen LogP) is 6.91.